The summed E-state index contributed by atoms with van der Waals surface area (Å²) in [5.41, 5.74) is 22.4. The molecule has 7 heteroatoms. The van der Waals surface area contributed by atoms with Crippen LogP contribution in [-0.2, 0) is 0 Å². The summed E-state index contributed by atoms with van der Waals surface area (Å²) < 4.78 is 5.02. The number of hydrogen-bond donors (Lipinski definition) is 0. The largest absolute Gasteiger partial charge is 0.310 e. The molecule has 0 saturated heterocycles. The van der Waals surface area contributed by atoms with E-state index in [1.807, 2.05) is 22.7 Å². The van der Waals surface area contributed by atoms with Crippen LogP contribution in [0.3, 0.4) is 0 Å². The molecule has 85 heavy (non-hydrogen) atoms. The Labute approximate surface area is 502 Å². The van der Waals surface area contributed by atoms with Crippen LogP contribution >= 0.6 is 22.7 Å². The SMILES string of the molecule is c1ccc(-c2ccccc2N2c3cccc4c3B(c3ccc5c(sc6cc(N(c7ccccc7)c7ccccc7)ccc65)c32)c2ccc3c(sc5cc(N(c6ccccc6)c6ccccc6)ccc53)c2N4c2ccccc2-c2ccccc2)cc1. The third kappa shape index (κ3) is 7.96. The first kappa shape index (κ1) is 49.2. The molecule has 0 spiro atoms. The van der Waals surface area contributed by atoms with Crippen LogP contribution in [0.15, 0.2) is 309 Å². The molecule has 0 atom stereocenters. The lowest BCUT2D eigenvalue weighted by Gasteiger charge is -2.45. The van der Waals surface area contributed by atoms with Crippen molar-refractivity contribution in [3.8, 4) is 22.3 Å². The van der Waals surface area contributed by atoms with E-state index in [-0.39, 0.29) is 6.71 Å². The molecule has 2 aliphatic rings. The summed E-state index contributed by atoms with van der Waals surface area (Å²) in [5.74, 6) is 0. The standard InChI is InChI=1S/C78H51BN4S2/c1-7-24-52(25-8-1)60-36-19-21-38-68(60)82-70-40-23-41-71-74(70)79(66-48-46-64-62-44-42-58(50-72(62)84-77(64)75(66)82)80(54-28-11-3-12-29-54)55-30-13-4-14-31-55)67-49-47-65-63-45-43-59(81(56-32-15-5-16-33-56)57-34-17-6-18-35-57)51-73(63)85-78(65)76(67)83(71)69-39-22-20-37-61(69)53-26-9-2-10-27-53/h1-51H. The Kier molecular flexibility index (Phi) is 11.7. The van der Waals surface area contributed by atoms with Crippen LogP contribution in [0.25, 0.3) is 62.6 Å². The van der Waals surface area contributed by atoms with Crippen molar-refractivity contribution in [1.82, 2.24) is 0 Å². The van der Waals surface area contributed by atoms with Gasteiger partial charge < -0.3 is 19.6 Å². The van der Waals surface area contributed by atoms with Crippen molar-refractivity contribution in [2.75, 3.05) is 19.6 Å². The quantitative estimate of drug-likeness (QED) is 0.127. The first-order chi connectivity index (χ1) is 42.2. The van der Waals surface area contributed by atoms with Crippen LogP contribution in [0.2, 0.25) is 0 Å². The normalized spacial score (nSPS) is 12.4. The van der Waals surface area contributed by atoms with Crippen LogP contribution in [0.5, 0.6) is 0 Å². The average Bonchev–Trinajstić information content (AvgIpc) is 1.83. The molecular weight excluding hydrogens is 1070 g/mol. The molecule has 0 bridgehead atoms. The summed E-state index contributed by atoms with van der Waals surface area (Å²) >= 11 is 3.82. The van der Waals surface area contributed by atoms with E-state index in [9.17, 15) is 0 Å². The Balaban J connectivity index is 0.943. The minimum Gasteiger partial charge on any atom is -0.310 e. The molecule has 0 aliphatic carbocycles. The third-order valence-corrected chi connectivity index (χ3v) is 19.5. The van der Waals surface area contributed by atoms with E-state index in [0.29, 0.717) is 0 Å². The van der Waals surface area contributed by atoms with Gasteiger partial charge in [-0.25, -0.2) is 0 Å². The highest BCUT2D eigenvalue weighted by Gasteiger charge is 2.45. The van der Waals surface area contributed by atoms with Crippen LogP contribution in [0.4, 0.5) is 68.2 Å². The van der Waals surface area contributed by atoms with E-state index in [0.717, 1.165) is 45.5 Å². The van der Waals surface area contributed by atoms with Gasteiger partial charge in [-0.05, 0) is 125 Å². The molecule has 0 radical (unpaired) electrons. The van der Waals surface area contributed by atoms with Gasteiger partial charge >= 0.3 is 0 Å². The predicted octanol–water partition coefficient (Wildman–Crippen LogP) is 20.8. The summed E-state index contributed by atoms with van der Waals surface area (Å²) in [6.07, 6.45) is 0. The maximum Gasteiger partial charge on any atom is 0.252 e. The number of hydrogen-bond acceptors (Lipinski definition) is 6. The van der Waals surface area contributed by atoms with Gasteiger partial charge in [0.15, 0.2) is 0 Å². The molecule has 15 aromatic rings. The van der Waals surface area contributed by atoms with Gasteiger partial charge in [0.2, 0.25) is 0 Å². The van der Waals surface area contributed by atoms with Crippen molar-refractivity contribution in [2.24, 2.45) is 0 Å². The zero-order chi connectivity index (χ0) is 56.0. The highest BCUT2D eigenvalue weighted by Crippen LogP contribution is 2.54. The van der Waals surface area contributed by atoms with E-state index in [2.05, 4.69) is 329 Å². The van der Waals surface area contributed by atoms with Gasteiger partial charge in [0.05, 0.1) is 32.1 Å². The molecule has 4 nitrogen and oxygen atoms in total. The molecule has 0 fully saturated rings. The third-order valence-electron chi connectivity index (χ3n) is 17.2. The van der Waals surface area contributed by atoms with Gasteiger partial charge in [0, 0.05) is 87.6 Å². The van der Waals surface area contributed by atoms with Gasteiger partial charge in [0.1, 0.15) is 0 Å². The van der Waals surface area contributed by atoms with Gasteiger partial charge in [-0.15, -0.1) is 22.7 Å². The Bertz CT molecular complexity index is 4640. The summed E-state index contributed by atoms with van der Waals surface area (Å²) in [4.78, 5) is 10.0. The van der Waals surface area contributed by atoms with Gasteiger partial charge in [-0.1, -0.05) is 212 Å². The van der Waals surface area contributed by atoms with Crippen molar-refractivity contribution < 1.29 is 0 Å². The fraction of sp³-hybridized carbons (Fsp3) is 0. The zero-order valence-corrected chi connectivity index (χ0v) is 47.8. The van der Waals surface area contributed by atoms with Gasteiger partial charge in [0.25, 0.3) is 6.71 Å². The van der Waals surface area contributed by atoms with Crippen LogP contribution in [0, 0.1) is 0 Å². The number of thiophene rings is 2. The lowest BCUT2D eigenvalue weighted by atomic mass is 9.33. The van der Waals surface area contributed by atoms with Crippen molar-refractivity contribution in [3.63, 3.8) is 0 Å². The lowest BCUT2D eigenvalue weighted by molar-refractivity contribution is 1.27. The van der Waals surface area contributed by atoms with E-state index < -0.39 is 0 Å². The monoisotopic (exact) mass is 1120 g/mol. The number of benzene rings is 13. The number of nitrogens with zero attached hydrogens (tertiary/aromatic N) is 4. The fourth-order valence-electron chi connectivity index (χ4n) is 13.6. The molecule has 4 heterocycles. The van der Waals surface area contributed by atoms with Crippen molar-refractivity contribution in [2.45, 2.75) is 0 Å². The van der Waals surface area contributed by atoms with Crippen LogP contribution in [-0.4, -0.2) is 6.71 Å². The topological polar surface area (TPSA) is 13.0 Å². The van der Waals surface area contributed by atoms with E-state index in [1.54, 1.807) is 0 Å². The minimum atomic E-state index is -0.106. The first-order valence-electron chi connectivity index (χ1n) is 29.0. The number of anilines is 12. The van der Waals surface area contributed by atoms with E-state index in [4.69, 9.17) is 0 Å². The van der Waals surface area contributed by atoms with E-state index in [1.165, 1.54) is 102 Å². The molecule has 0 unspecified atom stereocenters. The number of para-hydroxylation sites is 6. The Morgan fingerprint density at radius 3 is 0.988 bits per heavy atom. The second-order valence-electron chi connectivity index (χ2n) is 21.9. The molecule has 13 aromatic carbocycles. The molecule has 17 rings (SSSR count). The van der Waals surface area contributed by atoms with E-state index >= 15 is 0 Å². The van der Waals surface area contributed by atoms with Crippen LogP contribution in [0.1, 0.15) is 0 Å². The highest BCUT2D eigenvalue weighted by atomic mass is 32.1. The minimum absolute atomic E-state index is 0.106. The molecule has 2 aliphatic heterocycles. The lowest BCUT2D eigenvalue weighted by Crippen LogP contribution is -2.61. The molecule has 0 amide bonds. The Hall–Kier alpha value is -10.4. The number of rotatable bonds is 10. The van der Waals surface area contributed by atoms with Crippen LogP contribution < -0.4 is 36.0 Å². The number of fused-ring (bicyclic) bond motifs is 12. The first-order valence-corrected chi connectivity index (χ1v) is 30.7. The Morgan fingerprint density at radius 1 is 0.271 bits per heavy atom. The average molecular weight is 1120 g/mol. The maximum atomic E-state index is 2.63. The smallest absolute Gasteiger partial charge is 0.252 e. The van der Waals surface area contributed by atoms with Crippen molar-refractivity contribution >= 4 is 154 Å². The second-order valence-corrected chi connectivity index (χ2v) is 24.0. The summed E-state index contributed by atoms with van der Waals surface area (Å²) in [5, 5.41) is 5.01. The molecule has 0 saturated carbocycles. The zero-order valence-electron chi connectivity index (χ0n) is 46.1. The van der Waals surface area contributed by atoms with Gasteiger partial charge in [-0.2, -0.15) is 0 Å². The maximum absolute atomic E-state index is 2.63. The molecule has 2 aromatic heterocycles. The van der Waals surface area contributed by atoms with Crippen molar-refractivity contribution in [3.05, 3.63) is 309 Å². The molecule has 398 valence electrons. The second kappa shape index (κ2) is 20.2. The fourth-order valence-corrected chi connectivity index (χ4v) is 16.1. The molecular formula is C78H51BN4S2. The predicted molar refractivity (Wildman–Crippen MR) is 366 cm³/mol. The van der Waals surface area contributed by atoms with Gasteiger partial charge in [-0.3, -0.25) is 0 Å². The summed E-state index contributed by atoms with van der Waals surface area (Å²) in [6, 6.07) is 114. The Morgan fingerprint density at radius 2 is 0.600 bits per heavy atom. The highest BCUT2D eigenvalue weighted by molar-refractivity contribution is 7.27. The summed E-state index contributed by atoms with van der Waals surface area (Å²) in [7, 11) is 0. The molecule has 0 N–H and O–H groups in total. The van der Waals surface area contributed by atoms with Crippen molar-refractivity contribution in [1.29, 1.82) is 0 Å². The summed E-state index contributed by atoms with van der Waals surface area (Å²) in [6.45, 7) is -0.106.